The van der Waals surface area contributed by atoms with Gasteiger partial charge in [-0.25, -0.2) is 9.82 Å². The molecule has 0 aliphatic heterocycles. The topological polar surface area (TPSA) is 50.9 Å². The molecule has 1 aromatic carbocycles. The maximum Gasteiger partial charge on any atom is 0.123 e. The van der Waals surface area contributed by atoms with Crippen LogP contribution in [0.1, 0.15) is 22.0 Å². The van der Waals surface area contributed by atoms with E-state index >= 15 is 0 Å². The van der Waals surface area contributed by atoms with Crippen molar-refractivity contribution in [2.24, 2.45) is 5.84 Å². The first kappa shape index (κ1) is 13.2. The predicted octanol–water partition coefficient (Wildman–Crippen LogP) is 3.30. The average molecular weight is 287 g/mol. The number of thiophene rings is 1. The number of hydrazine groups is 1. The standard InChI is InChI=1S/C15H14FN3S/c1-9-4-5-18-8-12(9)15(19-17)14-7-10-6-11(16)2-3-13(10)20-14/h2-8,15,19H,17H2,1H3. The van der Waals surface area contributed by atoms with E-state index in [9.17, 15) is 4.39 Å². The zero-order valence-electron chi connectivity index (χ0n) is 10.9. The molecule has 0 saturated heterocycles. The van der Waals surface area contributed by atoms with Gasteiger partial charge in [0.15, 0.2) is 0 Å². The molecule has 0 aliphatic carbocycles. The Balaban J connectivity index is 2.10. The Kier molecular flexibility index (Phi) is 3.48. The van der Waals surface area contributed by atoms with Gasteiger partial charge in [0.2, 0.25) is 0 Å². The Morgan fingerprint density at radius 3 is 2.90 bits per heavy atom. The van der Waals surface area contributed by atoms with Crippen molar-refractivity contribution in [2.45, 2.75) is 13.0 Å². The van der Waals surface area contributed by atoms with Gasteiger partial charge < -0.3 is 0 Å². The lowest BCUT2D eigenvalue weighted by molar-refractivity contribution is 0.629. The van der Waals surface area contributed by atoms with Crippen LogP contribution in [0.3, 0.4) is 0 Å². The van der Waals surface area contributed by atoms with Gasteiger partial charge in [-0.15, -0.1) is 11.3 Å². The number of aryl methyl sites for hydroxylation is 1. The number of rotatable bonds is 3. The average Bonchev–Trinajstić information content (AvgIpc) is 2.84. The third kappa shape index (κ3) is 2.31. The molecule has 0 saturated carbocycles. The van der Waals surface area contributed by atoms with Gasteiger partial charge in [-0.05, 0) is 53.8 Å². The fraction of sp³-hybridized carbons (Fsp3) is 0.133. The van der Waals surface area contributed by atoms with Crippen molar-refractivity contribution in [3.05, 3.63) is 64.5 Å². The summed E-state index contributed by atoms with van der Waals surface area (Å²) in [6.07, 6.45) is 3.57. The van der Waals surface area contributed by atoms with Crippen molar-refractivity contribution in [3.8, 4) is 0 Å². The number of nitrogens with two attached hydrogens (primary N) is 1. The lowest BCUT2D eigenvalue weighted by atomic mass is 10.0. The molecule has 2 aromatic heterocycles. The number of aromatic nitrogens is 1. The Labute approximate surface area is 120 Å². The summed E-state index contributed by atoms with van der Waals surface area (Å²) >= 11 is 1.61. The zero-order chi connectivity index (χ0) is 14.1. The van der Waals surface area contributed by atoms with E-state index in [1.54, 1.807) is 29.7 Å². The minimum absolute atomic E-state index is 0.135. The van der Waals surface area contributed by atoms with Gasteiger partial charge in [-0.3, -0.25) is 10.8 Å². The second-order valence-electron chi connectivity index (χ2n) is 4.66. The van der Waals surface area contributed by atoms with Crippen molar-refractivity contribution in [1.29, 1.82) is 0 Å². The number of benzene rings is 1. The molecule has 0 spiro atoms. The van der Waals surface area contributed by atoms with Gasteiger partial charge in [0.05, 0.1) is 6.04 Å². The van der Waals surface area contributed by atoms with E-state index in [0.29, 0.717) is 0 Å². The Bertz CT molecular complexity index is 754. The van der Waals surface area contributed by atoms with Crippen LogP contribution in [0.2, 0.25) is 0 Å². The van der Waals surface area contributed by atoms with Crippen molar-refractivity contribution in [2.75, 3.05) is 0 Å². The summed E-state index contributed by atoms with van der Waals surface area (Å²) < 4.78 is 14.3. The van der Waals surface area contributed by atoms with Crippen LogP contribution in [0.15, 0.2) is 42.7 Å². The van der Waals surface area contributed by atoms with Crippen molar-refractivity contribution < 1.29 is 4.39 Å². The third-order valence-electron chi connectivity index (χ3n) is 3.34. The molecular formula is C15H14FN3S. The van der Waals surface area contributed by atoms with E-state index in [1.807, 2.05) is 25.3 Å². The number of pyridine rings is 1. The molecule has 3 nitrogen and oxygen atoms in total. The molecule has 2 heterocycles. The highest BCUT2D eigenvalue weighted by molar-refractivity contribution is 7.19. The molecule has 3 rings (SSSR count). The molecule has 102 valence electrons. The normalized spacial score (nSPS) is 12.8. The largest absolute Gasteiger partial charge is 0.271 e. The van der Waals surface area contributed by atoms with Gasteiger partial charge in [0.1, 0.15) is 5.82 Å². The predicted molar refractivity (Wildman–Crippen MR) is 79.9 cm³/mol. The number of nitrogens with one attached hydrogen (secondary N) is 1. The van der Waals surface area contributed by atoms with E-state index in [0.717, 1.165) is 26.1 Å². The van der Waals surface area contributed by atoms with Crippen LogP contribution in [0.5, 0.6) is 0 Å². The van der Waals surface area contributed by atoms with Crippen LogP contribution in [0.25, 0.3) is 10.1 Å². The highest BCUT2D eigenvalue weighted by atomic mass is 32.1. The second kappa shape index (κ2) is 5.28. The highest BCUT2D eigenvalue weighted by Gasteiger charge is 2.17. The summed E-state index contributed by atoms with van der Waals surface area (Å²) in [6.45, 7) is 2.02. The van der Waals surface area contributed by atoms with Crippen LogP contribution < -0.4 is 11.3 Å². The lowest BCUT2D eigenvalue weighted by Crippen LogP contribution is -2.28. The molecule has 0 bridgehead atoms. The Morgan fingerprint density at radius 2 is 2.15 bits per heavy atom. The minimum Gasteiger partial charge on any atom is -0.271 e. The molecule has 5 heteroatoms. The molecule has 0 fully saturated rings. The first-order valence-electron chi connectivity index (χ1n) is 6.24. The zero-order valence-corrected chi connectivity index (χ0v) is 11.7. The Morgan fingerprint density at radius 1 is 1.30 bits per heavy atom. The minimum atomic E-state index is -0.225. The Hall–Kier alpha value is -1.82. The first-order chi connectivity index (χ1) is 9.69. The van der Waals surface area contributed by atoms with E-state index in [1.165, 1.54) is 6.07 Å². The lowest BCUT2D eigenvalue weighted by Gasteiger charge is -2.16. The summed E-state index contributed by atoms with van der Waals surface area (Å²) in [7, 11) is 0. The highest BCUT2D eigenvalue weighted by Crippen LogP contribution is 2.33. The maximum absolute atomic E-state index is 13.3. The van der Waals surface area contributed by atoms with Crippen LogP contribution >= 0.6 is 11.3 Å². The molecule has 1 unspecified atom stereocenters. The number of hydrogen-bond donors (Lipinski definition) is 2. The van der Waals surface area contributed by atoms with Gasteiger partial charge in [0.25, 0.3) is 0 Å². The van der Waals surface area contributed by atoms with E-state index < -0.39 is 0 Å². The summed E-state index contributed by atoms with van der Waals surface area (Å²) in [5, 5.41) is 0.895. The summed E-state index contributed by atoms with van der Waals surface area (Å²) in [4.78, 5) is 5.20. The maximum atomic E-state index is 13.3. The molecule has 3 N–H and O–H groups in total. The van der Waals surface area contributed by atoms with Crippen LogP contribution in [0, 0.1) is 12.7 Å². The summed E-state index contributed by atoms with van der Waals surface area (Å²) in [5.41, 5.74) is 4.97. The fourth-order valence-electron chi connectivity index (χ4n) is 2.28. The summed E-state index contributed by atoms with van der Waals surface area (Å²) in [5.74, 6) is 5.49. The van der Waals surface area contributed by atoms with Crippen molar-refractivity contribution >= 4 is 21.4 Å². The van der Waals surface area contributed by atoms with Crippen LogP contribution in [-0.2, 0) is 0 Å². The molecule has 0 radical (unpaired) electrons. The second-order valence-corrected chi connectivity index (χ2v) is 5.78. The third-order valence-corrected chi connectivity index (χ3v) is 4.52. The molecule has 3 aromatic rings. The van der Waals surface area contributed by atoms with Gasteiger partial charge in [0, 0.05) is 22.0 Å². The number of nitrogens with zero attached hydrogens (tertiary/aromatic N) is 1. The molecular weight excluding hydrogens is 273 g/mol. The SMILES string of the molecule is Cc1ccncc1C(NN)c1cc2cc(F)ccc2s1. The van der Waals surface area contributed by atoms with Crippen LogP contribution in [0.4, 0.5) is 4.39 Å². The smallest absolute Gasteiger partial charge is 0.123 e. The van der Waals surface area contributed by atoms with Gasteiger partial charge >= 0.3 is 0 Å². The number of fused-ring (bicyclic) bond motifs is 1. The number of hydrogen-bond acceptors (Lipinski definition) is 4. The van der Waals surface area contributed by atoms with Gasteiger partial charge in [-0.1, -0.05) is 0 Å². The number of halogens is 1. The first-order valence-corrected chi connectivity index (χ1v) is 7.06. The fourth-order valence-corrected chi connectivity index (χ4v) is 3.41. The summed E-state index contributed by atoms with van der Waals surface area (Å²) in [6, 6.07) is 8.60. The van der Waals surface area contributed by atoms with E-state index in [4.69, 9.17) is 5.84 Å². The van der Waals surface area contributed by atoms with Crippen LogP contribution in [-0.4, -0.2) is 4.98 Å². The van der Waals surface area contributed by atoms with Gasteiger partial charge in [-0.2, -0.15) is 0 Å². The molecule has 0 amide bonds. The van der Waals surface area contributed by atoms with E-state index in [2.05, 4.69) is 10.4 Å². The van der Waals surface area contributed by atoms with Crippen molar-refractivity contribution in [1.82, 2.24) is 10.4 Å². The molecule has 0 aliphatic rings. The molecule has 20 heavy (non-hydrogen) atoms. The van der Waals surface area contributed by atoms with Crippen molar-refractivity contribution in [3.63, 3.8) is 0 Å². The van der Waals surface area contributed by atoms with E-state index in [-0.39, 0.29) is 11.9 Å². The molecule has 1 atom stereocenters. The monoisotopic (exact) mass is 287 g/mol. The quantitative estimate of drug-likeness (QED) is 0.574.